The zero-order valence-electron chi connectivity index (χ0n) is 18.9. The number of allylic oxidation sites excluding steroid dienone is 2. The molecule has 0 aromatic heterocycles. The van der Waals surface area contributed by atoms with Gasteiger partial charge in [-0.25, -0.2) is 9.59 Å². The minimum Gasteiger partial charge on any atom is -0.481 e. The highest BCUT2D eigenvalue weighted by Gasteiger charge is 2.34. The normalized spacial score (nSPS) is 16.4. The Balaban J connectivity index is 0.000000270. The molecule has 0 saturated heterocycles. The number of hydrogen-bond donors (Lipinski definition) is 2. The Hall–Kier alpha value is -3.91. The molecule has 180 valence electrons. The van der Waals surface area contributed by atoms with Crippen molar-refractivity contribution in [2.45, 2.75) is 26.6 Å². The highest BCUT2D eigenvalue weighted by atomic mass is 16.7. The fraction of sp³-hybridized carbons (Fsp3) is 0.269. The Labute approximate surface area is 198 Å². The summed E-state index contributed by atoms with van der Waals surface area (Å²) in [5.74, 6) is -2.06. The Kier molecular flexibility index (Phi) is 10.5. The maximum Gasteiger partial charge on any atom is 0.508 e. The van der Waals surface area contributed by atoms with Crippen LogP contribution in [0.1, 0.15) is 24.5 Å². The monoisotopic (exact) mass is 468 g/mol. The molecule has 0 spiro atoms. The first-order valence-corrected chi connectivity index (χ1v) is 10.6. The molecule has 0 saturated carbocycles. The minimum absolute atomic E-state index is 0.0359. The van der Waals surface area contributed by atoms with Crippen LogP contribution < -0.4 is 0 Å². The van der Waals surface area contributed by atoms with Gasteiger partial charge in [0.2, 0.25) is 0 Å². The average molecular weight is 469 g/mol. The van der Waals surface area contributed by atoms with E-state index in [1.807, 2.05) is 60.7 Å². The van der Waals surface area contributed by atoms with Crippen LogP contribution in [0.4, 0.5) is 4.79 Å². The van der Waals surface area contributed by atoms with E-state index in [2.05, 4.69) is 0 Å². The molecule has 34 heavy (non-hydrogen) atoms. The summed E-state index contributed by atoms with van der Waals surface area (Å²) in [6.45, 7) is 2.74. The molecule has 2 aromatic rings. The van der Waals surface area contributed by atoms with Crippen LogP contribution in [0.2, 0.25) is 0 Å². The van der Waals surface area contributed by atoms with Crippen molar-refractivity contribution in [3.8, 4) is 0 Å². The van der Waals surface area contributed by atoms with E-state index in [0.29, 0.717) is 13.2 Å². The van der Waals surface area contributed by atoms with Gasteiger partial charge in [0.05, 0.1) is 18.6 Å². The highest BCUT2D eigenvalue weighted by Crippen LogP contribution is 2.31. The second-order valence-electron chi connectivity index (χ2n) is 7.67. The van der Waals surface area contributed by atoms with Crippen molar-refractivity contribution in [2.24, 2.45) is 5.41 Å². The van der Waals surface area contributed by atoms with E-state index in [1.165, 1.54) is 25.2 Å². The summed E-state index contributed by atoms with van der Waals surface area (Å²) in [6.07, 6.45) is 3.76. The molecule has 1 atom stereocenters. The first kappa shape index (κ1) is 26.3. The molecule has 0 aliphatic heterocycles. The number of benzene rings is 2. The van der Waals surface area contributed by atoms with Crippen molar-refractivity contribution in [1.29, 1.82) is 0 Å². The molecule has 3 rings (SSSR count). The number of rotatable bonds is 9. The second-order valence-corrected chi connectivity index (χ2v) is 7.67. The predicted octanol–water partition coefficient (Wildman–Crippen LogP) is 4.60. The first-order valence-electron chi connectivity index (χ1n) is 10.6. The smallest absolute Gasteiger partial charge is 0.481 e. The third kappa shape index (κ3) is 9.30. The third-order valence-corrected chi connectivity index (χ3v) is 4.84. The number of ether oxygens (including phenoxy) is 3. The van der Waals surface area contributed by atoms with Gasteiger partial charge in [0, 0.05) is 5.57 Å². The van der Waals surface area contributed by atoms with Gasteiger partial charge in [-0.15, -0.1) is 0 Å². The Morgan fingerprint density at radius 3 is 2.00 bits per heavy atom. The predicted molar refractivity (Wildman–Crippen MR) is 124 cm³/mol. The third-order valence-electron chi connectivity index (χ3n) is 4.84. The molecule has 0 fully saturated rings. The number of carboxylic acids is 2. The lowest BCUT2D eigenvalue weighted by Crippen LogP contribution is -2.28. The van der Waals surface area contributed by atoms with Crippen molar-refractivity contribution < 1.29 is 38.8 Å². The van der Waals surface area contributed by atoms with E-state index in [9.17, 15) is 14.4 Å². The number of carbonyl (C=O) groups excluding carboxylic acids is 1. The van der Waals surface area contributed by atoms with Crippen molar-refractivity contribution in [3.63, 3.8) is 0 Å². The lowest BCUT2D eigenvalue weighted by atomic mass is 9.80. The topological polar surface area (TPSA) is 119 Å². The number of carbonyl (C=O) groups is 3. The molecule has 1 unspecified atom stereocenters. The zero-order valence-corrected chi connectivity index (χ0v) is 18.9. The van der Waals surface area contributed by atoms with Crippen molar-refractivity contribution in [1.82, 2.24) is 0 Å². The fourth-order valence-corrected chi connectivity index (χ4v) is 2.89. The minimum atomic E-state index is -1.08. The highest BCUT2D eigenvalue weighted by molar-refractivity contribution is 5.90. The Bertz CT molecular complexity index is 998. The summed E-state index contributed by atoms with van der Waals surface area (Å²) in [6, 6.07) is 19.3. The van der Waals surface area contributed by atoms with E-state index in [0.717, 1.165) is 11.1 Å². The maximum atomic E-state index is 11.3. The van der Waals surface area contributed by atoms with Gasteiger partial charge in [0.15, 0.2) is 0 Å². The van der Waals surface area contributed by atoms with Crippen molar-refractivity contribution in [3.05, 3.63) is 95.6 Å². The van der Waals surface area contributed by atoms with Gasteiger partial charge in [0.1, 0.15) is 13.2 Å². The average Bonchev–Trinajstić information content (AvgIpc) is 2.84. The molecule has 8 heteroatoms. The zero-order chi connectivity index (χ0) is 24.8. The van der Waals surface area contributed by atoms with E-state index in [1.54, 1.807) is 0 Å². The molecular formula is C26H28O8. The van der Waals surface area contributed by atoms with Crippen LogP contribution in [0.25, 0.3) is 0 Å². The van der Waals surface area contributed by atoms with Crippen LogP contribution in [0, 0.1) is 5.41 Å². The lowest BCUT2D eigenvalue weighted by Gasteiger charge is -2.23. The summed E-state index contributed by atoms with van der Waals surface area (Å²) in [7, 11) is 0. The summed E-state index contributed by atoms with van der Waals surface area (Å²) in [4.78, 5) is 32.7. The van der Waals surface area contributed by atoms with Gasteiger partial charge in [-0.05, 0) is 24.5 Å². The second kappa shape index (κ2) is 13.6. The quantitative estimate of drug-likeness (QED) is 0.405. The molecule has 1 aliphatic carbocycles. The number of aliphatic carboxylic acids is 2. The van der Waals surface area contributed by atoms with Crippen LogP contribution in [0.5, 0.6) is 0 Å². The lowest BCUT2D eigenvalue weighted by molar-refractivity contribution is -0.145. The van der Waals surface area contributed by atoms with Gasteiger partial charge in [0.25, 0.3) is 0 Å². The van der Waals surface area contributed by atoms with Gasteiger partial charge in [-0.3, -0.25) is 4.79 Å². The SMILES string of the molecule is CC1(C(=O)O)C=CC=C(C(=O)O)C1.O=C(OCCOCc1ccccc1)OCc1ccccc1. The van der Waals surface area contributed by atoms with Crippen LogP contribution >= 0.6 is 0 Å². The van der Waals surface area contributed by atoms with Crippen LogP contribution in [-0.4, -0.2) is 41.5 Å². The van der Waals surface area contributed by atoms with E-state index in [4.69, 9.17) is 24.4 Å². The molecule has 2 N–H and O–H groups in total. The molecular weight excluding hydrogens is 440 g/mol. The molecule has 0 radical (unpaired) electrons. The van der Waals surface area contributed by atoms with Crippen LogP contribution in [-0.2, 0) is 37.0 Å². The molecule has 0 heterocycles. The first-order chi connectivity index (χ1) is 16.3. The summed E-state index contributed by atoms with van der Waals surface area (Å²) < 4.78 is 15.3. The molecule has 0 bridgehead atoms. The van der Waals surface area contributed by atoms with Crippen LogP contribution in [0.3, 0.4) is 0 Å². The maximum absolute atomic E-state index is 11.3. The summed E-state index contributed by atoms with van der Waals surface area (Å²) >= 11 is 0. The van der Waals surface area contributed by atoms with Gasteiger partial charge >= 0.3 is 18.1 Å². The van der Waals surface area contributed by atoms with E-state index < -0.39 is 23.5 Å². The molecule has 8 nitrogen and oxygen atoms in total. The Morgan fingerprint density at radius 1 is 0.853 bits per heavy atom. The molecule has 1 aliphatic rings. The van der Waals surface area contributed by atoms with Crippen molar-refractivity contribution in [2.75, 3.05) is 13.2 Å². The standard InChI is InChI=1S/C17H18O4.C9H10O4/c18-17(21-14-16-9-5-2-6-10-16)20-12-11-19-13-15-7-3-1-4-8-15;1-9(8(12)13)4-2-3-6(5-9)7(10)11/h1-10H,11-14H2;2-4H,5H2,1H3,(H,10,11)(H,12,13). The molecule has 0 amide bonds. The number of carboxylic acid groups (broad SMARTS) is 2. The molecule has 2 aromatic carbocycles. The van der Waals surface area contributed by atoms with Gasteiger partial charge in [-0.1, -0.05) is 78.9 Å². The summed E-state index contributed by atoms with van der Waals surface area (Å²) in [5, 5.41) is 17.5. The largest absolute Gasteiger partial charge is 0.508 e. The van der Waals surface area contributed by atoms with Gasteiger partial charge in [-0.2, -0.15) is 0 Å². The Morgan fingerprint density at radius 2 is 1.44 bits per heavy atom. The fourth-order valence-electron chi connectivity index (χ4n) is 2.89. The van der Waals surface area contributed by atoms with Gasteiger partial charge < -0.3 is 24.4 Å². The van der Waals surface area contributed by atoms with Crippen LogP contribution in [0.15, 0.2) is 84.5 Å². The number of hydrogen-bond acceptors (Lipinski definition) is 6. The summed E-state index contributed by atoms with van der Waals surface area (Å²) in [5.41, 5.74) is 1.06. The van der Waals surface area contributed by atoms with E-state index in [-0.39, 0.29) is 25.2 Å². The van der Waals surface area contributed by atoms with Crippen molar-refractivity contribution >= 4 is 18.1 Å². The van der Waals surface area contributed by atoms with E-state index >= 15 is 0 Å².